The summed E-state index contributed by atoms with van der Waals surface area (Å²) in [7, 11) is -2.94. The van der Waals surface area contributed by atoms with Crippen LogP contribution in [0.2, 0.25) is 0 Å². The molecule has 0 aliphatic heterocycles. The van der Waals surface area contributed by atoms with E-state index in [9.17, 15) is 8.42 Å². The second kappa shape index (κ2) is 6.26. The van der Waals surface area contributed by atoms with Gasteiger partial charge in [0.2, 0.25) is 0 Å². The van der Waals surface area contributed by atoms with Gasteiger partial charge in [-0.2, -0.15) is 5.10 Å². The molecule has 0 bridgehead atoms. The van der Waals surface area contributed by atoms with Gasteiger partial charge in [-0.1, -0.05) is 13.3 Å². The van der Waals surface area contributed by atoms with Crippen LogP contribution >= 0.6 is 0 Å². The molecule has 2 rings (SSSR count). The predicted molar refractivity (Wildman–Crippen MR) is 80.5 cm³/mol. The van der Waals surface area contributed by atoms with Crippen LogP contribution in [0.5, 0.6) is 0 Å². The molecule has 6 heteroatoms. The van der Waals surface area contributed by atoms with Crippen LogP contribution < -0.4 is 5.32 Å². The van der Waals surface area contributed by atoms with Crippen molar-refractivity contribution >= 4 is 9.84 Å². The minimum atomic E-state index is -2.94. The van der Waals surface area contributed by atoms with Gasteiger partial charge in [0.05, 0.1) is 17.5 Å². The van der Waals surface area contributed by atoms with Crippen LogP contribution in [0.1, 0.15) is 57.2 Å². The minimum Gasteiger partial charge on any atom is -0.310 e. The van der Waals surface area contributed by atoms with Crippen LogP contribution in [0.3, 0.4) is 0 Å². The van der Waals surface area contributed by atoms with Gasteiger partial charge in [-0.3, -0.25) is 4.68 Å². The molecule has 1 aromatic heterocycles. The highest BCUT2D eigenvalue weighted by Gasteiger charge is 2.30. The third kappa shape index (κ3) is 3.61. The summed E-state index contributed by atoms with van der Waals surface area (Å²) in [4.78, 5) is 0. The van der Waals surface area contributed by atoms with E-state index in [-0.39, 0.29) is 17.3 Å². The average molecular weight is 299 g/mol. The maximum absolute atomic E-state index is 11.7. The fourth-order valence-electron chi connectivity index (χ4n) is 2.95. The highest BCUT2D eigenvalue weighted by Crippen LogP contribution is 2.32. The third-order valence-electron chi connectivity index (χ3n) is 4.21. The zero-order valence-electron chi connectivity index (χ0n) is 12.5. The molecule has 3 atom stereocenters. The molecular formula is C14H25N3O2S. The molecule has 0 saturated heterocycles. The molecule has 0 spiro atoms. The van der Waals surface area contributed by atoms with Gasteiger partial charge < -0.3 is 5.32 Å². The lowest BCUT2D eigenvalue weighted by Gasteiger charge is -2.28. The molecule has 5 nitrogen and oxygen atoms in total. The second-order valence-corrected chi connectivity index (χ2v) is 8.13. The van der Waals surface area contributed by atoms with Gasteiger partial charge in [-0.15, -0.1) is 0 Å². The SMILES string of the molecule is CCNC(C)c1cnn(C2CCCC(S(C)(=O)=O)C2)c1. The zero-order valence-corrected chi connectivity index (χ0v) is 13.4. The Morgan fingerprint density at radius 1 is 1.50 bits per heavy atom. The number of hydrogen-bond acceptors (Lipinski definition) is 4. The highest BCUT2D eigenvalue weighted by molar-refractivity contribution is 7.91. The summed E-state index contributed by atoms with van der Waals surface area (Å²) < 4.78 is 25.4. The Morgan fingerprint density at radius 2 is 2.25 bits per heavy atom. The Balaban J connectivity index is 2.08. The normalized spacial score (nSPS) is 25.6. The first kappa shape index (κ1) is 15.5. The first-order chi connectivity index (χ1) is 9.41. The fourth-order valence-corrected chi connectivity index (χ4v) is 4.12. The number of nitrogens with one attached hydrogen (secondary N) is 1. The number of nitrogens with zero attached hydrogens (tertiary/aromatic N) is 2. The van der Waals surface area contributed by atoms with Gasteiger partial charge in [0, 0.05) is 24.1 Å². The zero-order chi connectivity index (χ0) is 14.8. The van der Waals surface area contributed by atoms with Crippen molar-refractivity contribution in [2.45, 2.75) is 56.9 Å². The van der Waals surface area contributed by atoms with Crippen molar-refractivity contribution in [3.8, 4) is 0 Å². The van der Waals surface area contributed by atoms with Crippen LogP contribution in [0.15, 0.2) is 12.4 Å². The monoisotopic (exact) mass is 299 g/mol. The van der Waals surface area contributed by atoms with E-state index in [1.807, 2.05) is 10.9 Å². The molecule has 1 aliphatic carbocycles. The van der Waals surface area contributed by atoms with E-state index < -0.39 is 9.84 Å². The molecule has 114 valence electrons. The lowest BCUT2D eigenvalue weighted by atomic mass is 9.95. The van der Waals surface area contributed by atoms with Crippen molar-refractivity contribution in [2.75, 3.05) is 12.8 Å². The molecule has 1 saturated carbocycles. The number of hydrogen-bond donors (Lipinski definition) is 1. The van der Waals surface area contributed by atoms with Crippen LogP contribution in [-0.4, -0.2) is 36.2 Å². The smallest absolute Gasteiger partial charge is 0.150 e. The molecule has 0 radical (unpaired) electrons. The summed E-state index contributed by atoms with van der Waals surface area (Å²) in [6.07, 6.45) is 8.75. The summed E-state index contributed by atoms with van der Waals surface area (Å²) in [6, 6.07) is 0.495. The molecule has 1 fully saturated rings. The maximum atomic E-state index is 11.7. The summed E-state index contributed by atoms with van der Waals surface area (Å²) in [5.74, 6) is 0. The van der Waals surface area contributed by atoms with E-state index in [1.165, 1.54) is 6.26 Å². The van der Waals surface area contributed by atoms with Crippen molar-refractivity contribution in [2.24, 2.45) is 0 Å². The minimum absolute atomic E-state index is 0.208. The first-order valence-corrected chi connectivity index (χ1v) is 9.33. The molecule has 0 amide bonds. The number of rotatable bonds is 5. The quantitative estimate of drug-likeness (QED) is 0.904. The molecule has 1 aromatic rings. The van der Waals surface area contributed by atoms with Crippen molar-refractivity contribution < 1.29 is 8.42 Å². The van der Waals surface area contributed by atoms with Crippen molar-refractivity contribution in [3.05, 3.63) is 18.0 Å². The maximum Gasteiger partial charge on any atom is 0.150 e. The Bertz CT molecular complexity index is 538. The standard InChI is InChI=1S/C14H25N3O2S/c1-4-15-11(2)12-9-16-17(10-12)13-6-5-7-14(8-13)20(3,18)19/h9-11,13-15H,4-8H2,1-3H3. The fraction of sp³-hybridized carbons (Fsp3) is 0.786. The van der Waals surface area contributed by atoms with Crippen molar-refractivity contribution in [1.82, 2.24) is 15.1 Å². The molecule has 0 aromatic carbocycles. The lowest BCUT2D eigenvalue weighted by Crippen LogP contribution is -2.29. The molecule has 1 N–H and O–H groups in total. The van der Waals surface area contributed by atoms with Crippen molar-refractivity contribution in [3.63, 3.8) is 0 Å². The van der Waals surface area contributed by atoms with E-state index in [1.54, 1.807) is 0 Å². The average Bonchev–Trinajstić information content (AvgIpc) is 2.88. The van der Waals surface area contributed by atoms with Gasteiger partial charge in [0.1, 0.15) is 9.84 Å². The summed E-state index contributed by atoms with van der Waals surface area (Å²) in [5.41, 5.74) is 1.16. The summed E-state index contributed by atoms with van der Waals surface area (Å²) in [5, 5.41) is 7.60. The highest BCUT2D eigenvalue weighted by atomic mass is 32.2. The topological polar surface area (TPSA) is 64.0 Å². The van der Waals surface area contributed by atoms with Gasteiger partial charge in [-0.05, 0) is 32.7 Å². The largest absolute Gasteiger partial charge is 0.310 e. The Kier molecular flexibility index (Phi) is 4.86. The number of sulfone groups is 1. The van der Waals surface area contributed by atoms with E-state index in [0.29, 0.717) is 6.42 Å². The van der Waals surface area contributed by atoms with Crippen LogP contribution in [0.25, 0.3) is 0 Å². The Hall–Kier alpha value is -0.880. The second-order valence-electron chi connectivity index (χ2n) is 5.81. The number of aromatic nitrogens is 2. The molecular weight excluding hydrogens is 274 g/mol. The Morgan fingerprint density at radius 3 is 2.90 bits per heavy atom. The molecule has 1 aliphatic rings. The van der Waals surface area contributed by atoms with Crippen LogP contribution in [0.4, 0.5) is 0 Å². The summed E-state index contributed by atoms with van der Waals surface area (Å²) in [6.45, 7) is 5.12. The molecule has 20 heavy (non-hydrogen) atoms. The van der Waals surface area contributed by atoms with Gasteiger partial charge in [-0.25, -0.2) is 8.42 Å². The summed E-state index contributed by atoms with van der Waals surface area (Å²) >= 11 is 0. The third-order valence-corrected chi connectivity index (χ3v) is 5.85. The Labute approximate surface area is 121 Å². The van der Waals surface area contributed by atoms with Gasteiger partial charge in [0.15, 0.2) is 0 Å². The van der Waals surface area contributed by atoms with Gasteiger partial charge in [0.25, 0.3) is 0 Å². The van der Waals surface area contributed by atoms with Crippen molar-refractivity contribution in [1.29, 1.82) is 0 Å². The molecule has 1 heterocycles. The molecule has 3 unspecified atom stereocenters. The van der Waals surface area contributed by atoms with E-state index in [2.05, 4.69) is 30.5 Å². The lowest BCUT2D eigenvalue weighted by molar-refractivity contribution is 0.329. The van der Waals surface area contributed by atoms with Gasteiger partial charge >= 0.3 is 0 Å². The van der Waals surface area contributed by atoms with E-state index in [0.717, 1.165) is 31.4 Å². The first-order valence-electron chi connectivity index (χ1n) is 7.38. The van der Waals surface area contributed by atoms with Crippen LogP contribution in [-0.2, 0) is 9.84 Å². The predicted octanol–water partition coefficient (Wildman–Crippen LogP) is 2.08. The van der Waals surface area contributed by atoms with E-state index >= 15 is 0 Å². The van der Waals surface area contributed by atoms with Crippen LogP contribution in [0, 0.1) is 0 Å². The van der Waals surface area contributed by atoms with E-state index in [4.69, 9.17) is 0 Å².